The molecule has 0 bridgehead atoms. The number of thiazole rings is 1. The molecule has 2 rings (SSSR count). The molecule has 20 heavy (non-hydrogen) atoms. The first-order valence-corrected chi connectivity index (χ1v) is 8.68. The Balaban J connectivity index is 2.06. The maximum Gasteiger partial charge on any atom is 0.312 e. The second-order valence-corrected chi connectivity index (χ2v) is 8.33. The molecule has 10 heteroatoms. The minimum Gasteiger partial charge on any atom is -0.352 e. The average Bonchev–Trinajstić information content (AvgIpc) is 2.84. The lowest BCUT2D eigenvalue weighted by molar-refractivity contribution is 0.236. The fourth-order valence-corrected chi connectivity index (χ4v) is 5.15. The van der Waals surface area contributed by atoms with Gasteiger partial charge in [0.2, 0.25) is 0 Å². The van der Waals surface area contributed by atoms with Gasteiger partial charge in [-0.25, -0.2) is 18.2 Å². The molecular formula is C10H15ClN4O3S2. The van der Waals surface area contributed by atoms with E-state index >= 15 is 0 Å². The van der Waals surface area contributed by atoms with Crippen LogP contribution in [-0.4, -0.2) is 43.4 Å². The third-order valence-electron chi connectivity index (χ3n) is 3.10. The number of halogens is 1. The molecule has 0 aliphatic carbocycles. The van der Waals surface area contributed by atoms with Crippen molar-refractivity contribution in [1.29, 1.82) is 0 Å². The molecule has 0 radical (unpaired) electrons. The second-order valence-electron chi connectivity index (χ2n) is 4.55. The number of primary amides is 1. The number of piperidine rings is 1. The zero-order valence-corrected chi connectivity index (χ0v) is 13.0. The van der Waals surface area contributed by atoms with Gasteiger partial charge in [-0.2, -0.15) is 4.31 Å². The van der Waals surface area contributed by atoms with Crippen LogP contribution in [0.4, 0.5) is 4.79 Å². The summed E-state index contributed by atoms with van der Waals surface area (Å²) in [5.41, 5.74) is 5.02. The van der Waals surface area contributed by atoms with Crippen molar-refractivity contribution in [3.8, 4) is 0 Å². The second kappa shape index (κ2) is 6.25. The molecule has 0 spiro atoms. The van der Waals surface area contributed by atoms with Gasteiger partial charge in [0.15, 0.2) is 8.68 Å². The van der Waals surface area contributed by atoms with Crippen LogP contribution in [0.3, 0.4) is 0 Å². The Bertz CT molecular complexity index is 589. The Morgan fingerprint density at radius 2 is 2.40 bits per heavy atom. The van der Waals surface area contributed by atoms with Crippen molar-refractivity contribution in [2.45, 2.75) is 17.1 Å². The quantitative estimate of drug-likeness (QED) is 0.849. The van der Waals surface area contributed by atoms with E-state index in [4.69, 9.17) is 17.3 Å². The van der Waals surface area contributed by atoms with Gasteiger partial charge >= 0.3 is 6.03 Å². The third kappa shape index (κ3) is 3.60. The summed E-state index contributed by atoms with van der Waals surface area (Å²) < 4.78 is 26.6. The Hall–Kier alpha value is -0.900. The summed E-state index contributed by atoms with van der Waals surface area (Å²) in [6.07, 6.45) is 2.88. The van der Waals surface area contributed by atoms with E-state index < -0.39 is 16.1 Å². The number of sulfonamides is 1. The number of hydrogen-bond donors (Lipinski definition) is 2. The fraction of sp³-hybridized carbons (Fsp3) is 0.600. The van der Waals surface area contributed by atoms with E-state index in [-0.39, 0.29) is 14.6 Å². The molecule has 2 heterocycles. The van der Waals surface area contributed by atoms with Crippen molar-refractivity contribution < 1.29 is 13.2 Å². The van der Waals surface area contributed by atoms with Crippen LogP contribution in [0.15, 0.2) is 10.4 Å². The Morgan fingerprint density at radius 3 is 3.00 bits per heavy atom. The fourth-order valence-electron chi connectivity index (χ4n) is 2.14. The largest absolute Gasteiger partial charge is 0.352 e. The van der Waals surface area contributed by atoms with E-state index in [2.05, 4.69) is 10.3 Å². The van der Waals surface area contributed by atoms with Gasteiger partial charge in [-0.3, -0.25) is 0 Å². The molecule has 2 amide bonds. The first kappa shape index (κ1) is 15.5. The maximum atomic E-state index is 12.4. The Morgan fingerprint density at radius 1 is 1.65 bits per heavy atom. The number of amides is 2. The van der Waals surface area contributed by atoms with E-state index in [0.717, 1.165) is 24.2 Å². The number of nitrogens with zero attached hydrogens (tertiary/aromatic N) is 2. The molecule has 1 saturated heterocycles. The molecule has 1 aliphatic heterocycles. The molecular weight excluding hydrogens is 324 g/mol. The van der Waals surface area contributed by atoms with Gasteiger partial charge in [0.1, 0.15) is 0 Å². The number of urea groups is 1. The topological polar surface area (TPSA) is 105 Å². The summed E-state index contributed by atoms with van der Waals surface area (Å²) in [4.78, 5) is 14.5. The van der Waals surface area contributed by atoms with Gasteiger partial charge in [0.25, 0.3) is 10.0 Å². The number of aromatic nitrogens is 1. The number of hydrogen-bond acceptors (Lipinski definition) is 5. The normalized spacial score (nSPS) is 20.8. The highest BCUT2D eigenvalue weighted by Gasteiger charge is 2.31. The predicted octanol–water partition coefficient (Wildman–Crippen LogP) is 0.866. The summed E-state index contributed by atoms with van der Waals surface area (Å²) in [6, 6.07) is -0.598. The van der Waals surface area contributed by atoms with Crippen LogP contribution >= 0.6 is 22.9 Å². The van der Waals surface area contributed by atoms with Crippen molar-refractivity contribution in [2.75, 3.05) is 19.6 Å². The summed E-state index contributed by atoms with van der Waals surface area (Å²) in [6.45, 7) is 1.20. The first-order chi connectivity index (χ1) is 9.39. The zero-order chi connectivity index (χ0) is 14.8. The lowest BCUT2D eigenvalue weighted by Gasteiger charge is -2.31. The monoisotopic (exact) mass is 338 g/mol. The Labute approximate surface area is 126 Å². The highest BCUT2D eigenvalue weighted by Crippen LogP contribution is 2.28. The molecule has 112 valence electrons. The van der Waals surface area contributed by atoms with Crippen LogP contribution in [0.5, 0.6) is 0 Å². The lowest BCUT2D eigenvalue weighted by Crippen LogP contribution is -2.44. The highest BCUT2D eigenvalue weighted by molar-refractivity contribution is 7.91. The molecule has 1 atom stereocenters. The average molecular weight is 339 g/mol. The van der Waals surface area contributed by atoms with Gasteiger partial charge in [-0.05, 0) is 18.8 Å². The van der Waals surface area contributed by atoms with Crippen molar-refractivity contribution in [1.82, 2.24) is 14.6 Å². The molecule has 1 fully saturated rings. The van der Waals surface area contributed by atoms with Crippen molar-refractivity contribution in [3.05, 3.63) is 10.7 Å². The molecule has 1 aromatic rings. The van der Waals surface area contributed by atoms with E-state index in [9.17, 15) is 13.2 Å². The molecule has 0 saturated carbocycles. The van der Waals surface area contributed by atoms with E-state index in [1.165, 1.54) is 10.5 Å². The summed E-state index contributed by atoms with van der Waals surface area (Å²) in [7, 11) is -3.55. The van der Waals surface area contributed by atoms with E-state index in [1.807, 2.05) is 0 Å². The predicted molar refractivity (Wildman–Crippen MR) is 76.2 cm³/mol. The maximum absolute atomic E-state index is 12.4. The number of carbonyl (C=O) groups excluding carboxylic acids is 1. The van der Waals surface area contributed by atoms with E-state index in [1.54, 1.807) is 0 Å². The van der Waals surface area contributed by atoms with Crippen LogP contribution in [0.25, 0.3) is 0 Å². The van der Waals surface area contributed by atoms with Crippen LogP contribution in [0.2, 0.25) is 4.47 Å². The SMILES string of the molecule is NC(=O)NCC1CCCN(S(=O)(=O)c2cnc(Cl)s2)C1. The van der Waals surface area contributed by atoms with Crippen LogP contribution in [-0.2, 0) is 10.0 Å². The standard InChI is InChI=1S/C10H15ClN4O3S2/c11-9-13-5-8(19-9)20(17,18)15-3-1-2-7(6-15)4-14-10(12)16/h5,7H,1-4,6H2,(H3,12,14,16). The first-order valence-electron chi connectivity index (χ1n) is 6.04. The van der Waals surface area contributed by atoms with E-state index in [0.29, 0.717) is 19.6 Å². The number of rotatable bonds is 4. The molecule has 1 unspecified atom stereocenters. The lowest BCUT2D eigenvalue weighted by atomic mass is 10.00. The van der Waals surface area contributed by atoms with Crippen molar-refractivity contribution in [3.63, 3.8) is 0 Å². The number of nitrogens with two attached hydrogens (primary N) is 1. The number of nitrogens with one attached hydrogen (secondary N) is 1. The van der Waals surface area contributed by atoms with Crippen LogP contribution < -0.4 is 11.1 Å². The minimum absolute atomic E-state index is 0.0643. The molecule has 1 aromatic heterocycles. The minimum atomic E-state index is -3.55. The van der Waals surface area contributed by atoms with Gasteiger partial charge in [-0.1, -0.05) is 22.9 Å². The zero-order valence-electron chi connectivity index (χ0n) is 10.6. The molecule has 3 N–H and O–H groups in total. The molecule has 0 aromatic carbocycles. The van der Waals surface area contributed by atoms with Crippen molar-refractivity contribution >= 4 is 39.0 Å². The van der Waals surface area contributed by atoms with Gasteiger partial charge in [0.05, 0.1) is 6.20 Å². The van der Waals surface area contributed by atoms with Crippen LogP contribution in [0.1, 0.15) is 12.8 Å². The summed E-state index contributed by atoms with van der Waals surface area (Å²) in [5.74, 6) is 0.0643. The van der Waals surface area contributed by atoms with Gasteiger partial charge in [-0.15, -0.1) is 0 Å². The van der Waals surface area contributed by atoms with Crippen molar-refractivity contribution in [2.24, 2.45) is 11.7 Å². The summed E-state index contributed by atoms with van der Waals surface area (Å²) >= 11 is 6.62. The van der Waals surface area contributed by atoms with Gasteiger partial charge < -0.3 is 11.1 Å². The smallest absolute Gasteiger partial charge is 0.312 e. The molecule has 7 nitrogen and oxygen atoms in total. The third-order valence-corrected chi connectivity index (χ3v) is 6.51. The number of carbonyl (C=O) groups is 1. The Kier molecular flexibility index (Phi) is 4.84. The highest BCUT2D eigenvalue weighted by atomic mass is 35.5. The van der Waals surface area contributed by atoms with Crippen LogP contribution in [0, 0.1) is 5.92 Å². The van der Waals surface area contributed by atoms with Gasteiger partial charge in [0, 0.05) is 19.6 Å². The molecule has 1 aliphatic rings. The summed E-state index contributed by atoms with van der Waals surface area (Å²) in [5, 5.41) is 2.52.